The van der Waals surface area contributed by atoms with Crippen LogP contribution in [0.3, 0.4) is 0 Å². The quantitative estimate of drug-likeness (QED) is 0.137. The monoisotopic (exact) mass is 898 g/mol. The molecule has 0 amide bonds. The molecule has 0 atom stereocenters. The first-order valence-corrected chi connectivity index (χ1v) is 24.3. The summed E-state index contributed by atoms with van der Waals surface area (Å²) in [6.07, 6.45) is 1.96. The Hall–Kier alpha value is -7.89. The average molecular weight is 899 g/mol. The molecule has 0 bridgehead atoms. The summed E-state index contributed by atoms with van der Waals surface area (Å²) in [5, 5.41) is 2.28. The van der Waals surface area contributed by atoms with Crippen LogP contribution in [-0.4, -0.2) is 16.2 Å². The molecule has 2 aromatic heterocycles. The van der Waals surface area contributed by atoms with Crippen LogP contribution in [0.4, 0.5) is 22.7 Å². The number of anilines is 4. The van der Waals surface area contributed by atoms with Crippen molar-refractivity contribution in [2.75, 3.05) is 16.5 Å². The van der Waals surface area contributed by atoms with E-state index in [1.54, 1.807) is 0 Å². The normalized spacial score (nSPS) is 12.7. The van der Waals surface area contributed by atoms with Gasteiger partial charge in [-0.1, -0.05) is 158 Å². The number of hydrogen-bond acceptors (Lipinski definition) is 4. The van der Waals surface area contributed by atoms with Crippen molar-refractivity contribution in [2.24, 2.45) is 0 Å². The zero-order valence-electron chi connectivity index (χ0n) is 40.6. The van der Waals surface area contributed by atoms with Crippen LogP contribution in [0.25, 0.3) is 61.0 Å². The lowest BCUT2D eigenvalue weighted by atomic mass is 9.87. The summed E-state index contributed by atoms with van der Waals surface area (Å²) >= 11 is 0. The van der Waals surface area contributed by atoms with Gasteiger partial charge < -0.3 is 14.5 Å². The summed E-state index contributed by atoms with van der Waals surface area (Å²) < 4.78 is 9.19. The fourth-order valence-electron chi connectivity index (χ4n) is 10.1. The SMILES string of the molecule is CC(C)c1ccc(-c2ccnc(-n3c4ccc(-c5ccccc5-c5ccccc5)cc4c4ccc(Oc5cccc(N6CN(c7cccc(C(C)(C)C)c7)c7ccccc76)c5)cc43)c2)c(C(C)C)c1. The number of pyridine rings is 1. The third-order valence-corrected chi connectivity index (χ3v) is 13.8. The molecule has 3 heterocycles. The second-order valence-electron chi connectivity index (χ2n) is 20.1. The van der Waals surface area contributed by atoms with Gasteiger partial charge in [0.05, 0.1) is 22.4 Å². The Morgan fingerprint density at radius 1 is 0.478 bits per heavy atom. The first kappa shape index (κ1) is 43.7. The Bertz CT molecular complexity index is 3520. The van der Waals surface area contributed by atoms with Gasteiger partial charge in [-0.25, -0.2) is 4.98 Å². The lowest BCUT2D eigenvalue weighted by Gasteiger charge is -2.25. The number of hydrogen-bond donors (Lipinski definition) is 0. The van der Waals surface area contributed by atoms with Gasteiger partial charge in [-0.15, -0.1) is 0 Å². The predicted octanol–water partition coefficient (Wildman–Crippen LogP) is 17.8. The fourth-order valence-corrected chi connectivity index (χ4v) is 10.1. The molecule has 5 heteroatoms. The summed E-state index contributed by atoms with van der Waals surface area (Å²) in [6, 6.07) is 70.2. The highest BCUT2D eigenvalue weighted by atomic mass is 16.5. The number of nitrogens with zero attached hydrogens (tertiary/aromatic N) is 4. The molecule has 11 rings (SSSR count). The van der Waals surface area contributed by atoms with Crippen LogP contribution in [0.1, 0.15) is 77.0 Å². The first-order chi connectivity index (χ1) is 33.5. The van der Waals surface area contributed by atoms with Crippen LogP contribution in [-0.2, 0) is 5.41 Å². The molecule has 0 radical (unpaired) electrons. The van der Waals surface area contributed by atoms with E-state index in [0.29, 0.717) is 18.5 Å². The first-order valence-electron chi connectivity index (χ1n) is 24.3. The van der Waals surface area contributed by atoms with Crippen LogP contribution in [0, 0.1) is 0 Å². The number of benzene rings is 8. The van der Waals surface area contributed by atoms with Gasteiger partial charge >= 0.3 is 0 Å². The van der Waals surface area contributed by atoms with Gasteiger partial charge in [0, 0.05) is 40.5 Å². The van der Waals surface area contributed by atoms with Crippen molar-refractivity contribution in [2.45, 2.75) is 65.7 Å². The lowest BCUT2D eigenvalue weighted by Crippen LogP contribution is -2.24. The smallest absolute Gasteiger partial charge is 0.138 e. The minimum atomic E-state index is 0.0494. The Morgan fingerprint density at radius 2 is 1.14 bits per heavy atom. The van der Waals surface area contributed by atoms with Crippen molar-refractivity contribution >= 4 is 44.6 Å². The summed E-state index contributed by atoms with van der Waals surface area (Å²) in [6.45, 7) is 16.6. The van der Waals surface area contributed by atoms with Gasteiger partial charge in [-0.2, -0.15) is 0 Å². The Kier molecular flexibility index (Phi) is 11.2. The number of fused-ring (bicyclic) bond motifs is 4. The van der Waals surface area contributed by atoms with Crippen LogP contribution < -0.4 is 14.5 Å². The fraction of sp³-hybridized carbons (Fsp3) is 0.172. The molecule has 0 spiro atoms. The van der Waals surface area contributed by atoms with Crippen molar-refractivity contribution in [3.8, 4) is 50.7 Å². The summed E-state index contributed by atoms with van der Waals surface area (Å²) in [7, 11) is 0. The van der Waals surface area contributed by atoms with E-state index in [1.165, 1.54) is 56.0 Å². The van der Waals surface area contributed by atoms with E-state index in [2.05, 4.69) is 251 Å². The van der Waals surface area contributed by atoms with Crippen molar-refractivity contribution in [1.29, 1.82) is 0 Å². The maximum absolute atomic E-state index is 6.88. The zero-order chi connectivity index (χ0) is 47.4. The van der Waals surface area contributed by atoms with Crippen molar-refractivity contribution in [3.05, 3.63) is 217 Å². The summed E-state index contributed by atoms with van der Waals surface area (Å²) in [5.41, 5.74) is 17.9. The molecule has 5 nitrogen and oxygen atoms in total. The zero-order valence-corrected chi connectivity index (χ0v) is 40.6. The molecule has 0 fully saturated rings. The number of aromatic nitrogens is 2. The van der Waals surface area contributed by atoms with E-state index < -0.39 is 0 Å². The largest absolute Gasteiger partial charge is 0.457 e. The van der Waals surface area contributed by atoms with E-state index >= 15 is 0 Å². The number of para-hydroxylation sites is 2. The maximum atomic E-state index is 6.88. The molecular weight excluding hydrogens is 841 g/mol. The van der Waals surface area contributed by atoms with Crippen LogP contribution in [0.5, 0.6) is 11.5 Å². The molecule has 0 saturated heterocycles. The van der Waals surface area contributed by atoms with Gasteiger partial charge in [0.15, 0.2) is 0 Å². The molecule has 0 saturated carbocycles. The minimum Gasteiger partial charge on any atom is -0.457 e. The van der Waals surface area contributed by atoms with Crippen LogP contribution in [0.15, 0.2) is 200 Å². The molecule has 69 heavy (non-hydrogen) atoms. The Morgan fingerprint density at radius 3 is 1.87 bits per heavy atom. The van der Waals surface area contributed by atoms with E-state index in [-0.39, 0.29) is 5.41 Å². The van der Waals surface area contributed by atoms with Gasteiger partial charge in [-0.05, 0) is 140 Å². The molecule has 8 aromatic carbocycles. The molecular formula is C64H58N4O. The summed E-state index contributed by atoms with van der Waals surface area (Å²) in [5.74, 6) is 3.20. The van der Waals surface area contributed by atoms with E-state index in [4.69, 9.17) is 9.72 Å². The lowest BCUT2D eigenvalue weighted by molar-refractivity contribution is 0.483. The molecule has 0 unspecified atom stereocenters. The van der Waals surface area contributed by atoms with Crippen molar-refractivity contribution < 1.29 is 4.74 Å². The van der Waals surface area contributed by atoms with E-state index in [9.17, 15) is 0 Å². The minimum absolute atomic E-state index is 0.0494. The van der Waals surface area contributed by atoms with Gasteiger partial charge in [-0.3, -0.25) is 4.57 Å². The second kappa shape index (κ2) is 17.6. The van der Waals surface area contributed by atoms with Gasteiger partial charge in [0.2, 0.25) is 0 Å². The molecule has 0 aliphatic carbocycles. The van der Waals surface area contributed by atoms with Crippen LogP contribution in [0.2, 0.25) is 0 Å². The van der Waals surface area contributed by atoms with Gasteiger partial charge in [0.25, 0.3) is 0 Å². The predicted molar refractivity (Wildman–Crippen MR) is 290 cm³/mol. The molecule has 1 aliphatic rings. The number of rotatable bonds is 10. The highest BCUT2D eigenvalue weighted by Crippen LogP contribution is 2.46. The third-order valence-electron chi connectivity index (χ3n) is 13.8. The van der Waals surface area contributed by atoms with Crippen molar-refractivity contribution in [3.63, 3.8) is 0 Å². The molecule has 1 aliphatic heterocycles. The average Bonchev–Trinajstić information content (AvgIpc) is 3.92. The molecule has 340 valence electrons. The third kappa shape index (κ3) is 8.22. The number of ether oxygens (including phenoxy) is 1. The van der Waals surface area contributed by atoms with Crippen molar-refractivity contribution in [1.82, 2.24) is 9.55 Å². The highest BCUT2D eigenvalue weighted by Gasteiger charge is 2.29. The van der Waals surface area contributed by atoms with E-state index in [1.807, 2.05) is 12.3 Å². The summed E-state index contributed by atoms with van der Waals surface area (Å²) in [4.78, 5) is 9.89. The maximum Gasteiger partial charge on any atom is 0.138 e. The standard InChI is InChI=1S/C64H58N4O/c1-42(2)45-27-30-55(57(35-45)43(3)4)47-33-34-65-63(37-47)68-59-32-28-46(54-24-12-11-23-53(54)44-17-9-8-10-18-44)36-58(59)56-31-29-52(40-62(56)68)69-51-22-16-21-50(39-51)67-41-66(60-25-13-14-26-61(60)67)49-20-15-19-48(38-49)64(5,6)7/h8-40,42-43H,41H2,1-7H3. The van der Waals surface area contributed by atoms with Gasteiger partial charge in [0.1, 0.15) is 24.0 Å². The highest BCUT2D eigenvalue weighted by molar-refractivity contribution is 6.11. The Labute approximate surface area is 406 Å². The second-order valence-corrected chi connectivity index (χ2v) is 20.1. The topological polar surface area (TPSA) is 33.5 Å². The Balaban J connectivity index is 1.01. The molecule has 0 N–H and O–H groups in total. The van der Waals surface area contributed by atoms with Crippen LogP contribution >= 0.6 is 0 Å². The molecule has 10 aromatic rings. The van der Waals surface area contributed by atoms with E-state index in [0.717, 1.165) is 55.9 Å².